The zero-order valence-electron chi connectivity index (χ0n) is 14.8. The summed E-state index contributed by atoms with van der Waals surface area (Å²) in [6.07, 6.45) is 5.70. The first kappa shape index (κ1) is 22.9. The summed E-state index contributed by atoms with van der Waals surface area (Å²) >= 11 is 0. The number of rotatable bonds is 5. The van der Waals surface area contributed by atoms with Crippen molar-refractivity contribution in [3.8, 4) is 0 Å². The van der Waals surface area contributed by atoms with Gasteiger partial charge in [-0.15, -0.1) is 24.8 Å². The minimum atomic E-state index is -0.202. The molecular formula is C19H24Cl2N4O2. The highest BCUT2D eigenvalue weighted by molar-refractivity contribution is 6.04. The third-order valence-electron chi connectivity index (χ3n) is 4.45. The van der Waals surface area contributed by atoms with Gasteiger partial charge in [-0.25, -0.2) is 0 Å². The van der Waals surface area contributed by atoms with Gasteiger partial charge in [0.15, 0.2) is 0 Å². The van der Waals surface area contributed by atoms with E-state index in [1.165, 1.54) is 6.20 Å². The topological polar surface area (TPSA) is 97.1 Å². The molecule has 27 heavy (non-hydrogen) atoms. The number of halogens is 2. The quantitative estimate of drug-likeness (QED) is 0.705. The van der Waals surface area contributed by atoms with Crippen LogP contribution in [-0.4, -0.2) is 22.8 Å². The maximum absolute atomic E-state index is 12.1. The second-order valence-electron chi connectivity index (χ2n) is 6.38. The van der Waals surface area contributed by atoms with Crippen LogP contribution in [0.2, 0.25) is 0 Å². The third-order valence-corrected chi connectivity index (χ3v) is 4.45. The van der Waals surface area contributed by atoms with Gasteiger partial charge in [0.2, 0.25) is 5.91 Å². The van der Waals surface area contributed by atoms with E-state index in [0.29, 0.717) is 17.8 Å². The Morgan fingerprint density at radius 2 is 1.85 bits per heavy atom. The lowest BCUT2D eigenvalue weighted by Crippen LogP contribution is -2.29. The Balaban J connectivity index is 0.00000182. The third kappa shape index (κ3) is 6.50. The maximum atomic E-state index is 12.1. The van der Waals surface area contributed by atoms with Crippen LogP contribution in [0.4, 0.5) is 5.69 Å². The molecule has 1 aliphatic rings. The van der Waals surface area contributed by atoms with Gasteiger partial charge in [0.1, 0.15) is 0 Å². The molecule has 2 aromatic rings. The Morgan fingerprint density at radius 3 is 2.44 bits per heavy atom. The van der Waals surface area contributed by atoms with Gasteiger partial charge in [-0.2, -0.15) is 0 Å². The molecule has 1 heterocycles. The van der Waals surface area contributed by atoms with Crippen LogP contribution in [0.3, 0.4) is 0 Å². The van der Waals surface area contributed by atoms with Gasteiger partial charge in [-0.05, 0) is 49.1 Å². The lowest BCUT2D eigenvalue weighted by atomic mass is 10.1. The van der Waals surface area contributed by atoms with Crippen molar-refractivity contribution >= 4 is 42.3 Å². The number of pyridine rings is 1. The summed E-state index contributed by atoms with van der Waals surface area (Å²) < 4.78 is 0. The molecule has 146 valence electrons. The van der Waals surface area contributed by atoms with Crippen molar-refractivity contribution in [3.05, 3.63) is 59.9 Å². The summed E-state index contributed by atoms with van der Waals surface area (Å²) in [7, 11) is 0. The number of nitrogens with zero attached hydrogens (tertiary/aromatic N) is 1. The summed E-state index contributed by atoms with van der Waals surface area (Å²) in [6, 6.07) is 11.0. The van der Waals surface area contributed by atoms with E-state index < -0.39 is 0 Å². The fourth-order valence-corrected chi connectivity index (χ4v) is 2.99. The van der Waals surface area contributed by atoms with Crippen LogP contribution >= 0.6 is 24.8 Å². The second-order valence-corrected chi connectivity index (χ2v) is 6.38. The van der Waals surface area contributed by atoms with Crippen molar-refractivity contribution in [2.24, 2.45) is 11.7 Å². The highest BCUT2D eigenvalue weighted by atomic mass is 35.5. The summed E-state index contributed by atoms with van der Waals surface area (Å²) in [5, 5.41) is 5.78. The SMILES string of the molecule is Cl.Cl.NC1CCC(C(=O)NCc2ccc(NC(=O)c3cccnc3)cc2)C1. The molecule has 2 unspecified atom stereocenters. The van der Waals surface area contributed by atoms with Crippen molar-refractivity contribution in [2.45, 2.75) is 31.8 Å². The zero-order valence-corrected chi connectivity index (χ0v) is 16.4. The first-order valence-electron chi connectivity index (χ1n) is 8.45. The van der Waals surface area contributed by atoms with Crippen molar-refractivity contribution in [1.29, 1.82) is 0 Å². The standard InChI is InChI=1S/C19H22N4O2.2ClH/c20-16-6-5-14(10-16)18(24)22-11-13-3-7-17(8-4-13)23-19(25)15-2-1-9-21-12-15;;/h1-4,7-9,12,14,16H,5-6,10-11,20H2,(H,22,24)(H,23,25);2*1H. The summed E-state index contributed by atoms with van der Waals surface area (Å²) in [5.74, 6) is -0.0957. The number of nitrogens with one attached hydrogen (secondary N) is 2. The van der Waals surface area contributed by atoms with Crippen molar-refractivity contribution in [2.75, 3.05) is 5.32 Å². The Bertz CT molecular complexity index is 741. The minimum Gasteiger partial charge on any atom is -0.352 e. The number of carbonyl (C=O) groups is 2. The summed E-state index contributed by atoms with van der Waals surface area (Å²) in [4.78, 5) is 28.1. The molecule has 1 fully saturated rings. The van der Waals surface area contributed by atoms with E-state index in [1.54, 1.807) is 18.3 Å². The molecule has 1 saturated carbocycles. The van der Waals surface area contributed by atoms with E-state index in [2.05, 4.69) is 15.6 Å². The number of benzene rings is 1. The van der Waals surface area contributed by atoms with Crippen LogP contribution < -0.4 is 16.4 Å². The number of carbonyl (C=O) groups excluding carboxylic acids is 2. The lowest BCUT2D eigenvalue weighted by Gasteiger charge is -2.11. The molecule has 1 aromatic heterocycles. The Hall–Kier alpha value is -2.15. The molecule has 0 radical (unpaired) electrons. The van der Waals surface area contributed by atoms with Crippen LogP contribution in [0.15, 0.2) is 48.8 Å². The number of nitrogens with two attached hydrogens (primary N) is 1. The number of amides is 2. The number of aromatic nitrogens is 1. The number of hydrogen-bond acceptors (Lipinski definition) is 4. The molecule has 8 heteroatoms. The average Bonchev–Trinajstić information content (AvgIpc) is 3.08. The smallest absolute Gasteiger partial charge is 0.257 e. The summed E-state index contributed by atoms with van der Waals surface area (Å²) in [5.41, 5.74) is 8.04. The Kier molecular flexibility index (Phi) is 9.21. The fourth-order valence-electron chi connectivity index (χ4n) is 2.99. The van der Waals surface area contributed by atoms with E-state index in [0.717, 1.165) is 24.8 Å². The van der Waals surface area contributed by atoms with Crippen LogP contribution in [0, 0.1) is 5.92 Å². The van der Waals surface area contributed by atoms with Gasteiger partial charge in [0.25, 0.3) is 5.91 Å². The van der Waals surface area contributed by atoms with Crippen LogP contribution in [-0.2, 0) is 11.3 Å². The van der Waals surface area contributed by atoms with Gasteiger partial charge < -0.3 is 16.4 Å². The van der Waals surface area contributed by atoms with Gasteiger partial charge >= 0.3 is 0 Å². The molecule has 6 nitrogen and oxygen atoms in total. The molecule has 1 aromatic carbocycles. The molecule has 0 bridgehead atoms. The van der Waals surface area contributed by atoms with Gasteiger partial charge in [-0.1, -0.05) is 12.1 Å². The monoisotopic (exact) mass is 410 g/mol. The van der Waals surface area contributed by atoms with Gasteiger partial charge in [0.05, 0.1) is 5.56 Å². The van der Waals surface area contributed by atoms with Crippen LogP contribution in [0.25, 0.3) is 0 Å². The first-order valence-corrected chi connectivity index (χ1v) is 8.45. The molecule has 2 atom stereocenters. The average molecular weight is 411 g/mol. The molecule has 3 rings (SSSR count). The highest BCUT2D eigenvalue weighted by Crippen LogP contribution is 2.24. The normalized spacial score (nSPS) is 18.0. The van der Waals surface area contributed by atoms with E-state index >= 15 is 0 Å². The highest BCUT2D eigenvalue weighted by Gasteiger charge is 2.27. The fraction of sp³-hybridized carbons (Fsp3) is 0.316. The van der Waals surface area contributed by atoms with Gasteiger partial charge in [-0.3, -0.25) is 14.6 Å². The van der Waals surface area contributed by atoms with E-state index in [4.69, 9.17) is 5.73 Å². The molecule has 2 amide bonds. The van der Waals surface area contributed by atoms with Crippen molar-refractivity contribution in [3.63, 3.8) is 0 Å². The van der Waals surface area contributed by atoms with Gasteiger partial charge in [0, 0.05) is 36.6 Å². The minimum absolute atomic E-state index is 0. The molecule has 1 aliphatic carbocycles. The Morgan fingerprint density at radius 1 is 1.11 bits per heavy atom. The predicted molar refractivity (Wildman–Crippen MR) is 110 cm³/mol. The molecular weight excluding hydrogens is 387 g/mol. The largest absolute Gasteiger partial charge is 0.352 e. The van der Waals surface area contributed by atoms with Crippen LogP contribution in [0.5, 0.6) is 0 Å². The summed E-state index contributed by atoms with van der Waals surface area (Å²) in [6.45, 7) is 0.474. The molecule has 4 N–H and O–H groups in total. The predicted octanol–water partition coefficient (Wildman–Crippen LogP) is 2.92. The van der Waals surface area contributed by atoms with Crippen molar-refractivity contribution in [1.82, 2.24) is 10.3 Å². The zero-order chi connectivity index (χ0) is 17.6. The molecule has 0 saturated heterocycles. The molecule has 0 spiro atoms. The van der Waals surface area contributed by atoms with E-state index in [1.807, 2.05) is 24.3 Å². The maximum Gasteiger partial charge on any atom is 0.257 e. The Labute approximate surface area is 171 Å². The number of hydrogen-bond donors (Lipinski definition) is 3. The van der Waals surface area contributed by atoms with Crippen LogP contribution in [0.1, 0.15) is 35.2 Å². The first-order chi connectivity index (χ1) is 12.1. The molecule has 0 aliphatic heterocycles. The van der Waals surface area contributed by atoms with Crippen molar-refractivity contribution < 1.29 is 9.59 Å². The second kappa shape index (κ2) is 10.9. The number of anilines is 1. The van der Waals surface area contributed by atoms with E-state index in [-0.39, 0.29) is 48.6 Å². The lowest BCUT2D eigenvalue weighted by molar-refractivity contribution is -0.125. The van der Waals surface area contributed by atoms with E-state index in [9.17, 15) is 9.59 Å².